The Labute approximate surface area is 123 Å². The van der Waals surface area contributed by atoms with Gasteiger partial charge in [0.1, 0.15) is 5.75 Å². The van der Waals surface area contributed by atoms with Crippen molar-refractivity contribution in [2.45, 2.75) is 6.42 Å². The van der Waals surface area contributed by atoms with Crippen LogP contribution in [0, 0.1) is 0 Å². The summed E-state index contributed by atoms with van der Waals surface area (Å²) in [5.41, 5.74) is 1.07. The van der Waals surface area contributed by atoms with Gasteiger partial charge in [0, 0.05) is 22.3 Å². The van der Waals surface area contributed by atoms with Gasteiger partial charge in [-0.25, -0.2) is 0 Å². The first-order valence-electron chi connectivity index (χ1n) is 6.12. The molecule has 0 atom stereocenters. The molecular formula is C15H15Cl2NO. The molecule has 0 heterocycles. The molecule has 2 aromatic carbocycles. The molecule has 0 bridgehead atoms. The van der Waals surface area contributed by atoms with E-state index in [9.17, 15) is 0 Å². The first-order chi connectivity index (χ1) is 9.24. The summed E-state index contributed by atoms with van der Waals surface area (Å²) in [6.45, 7) is 1.53. The lowest BCUT2D eigenvalue weighted by molar-refractivity contribution is 0.315. The molecule has 0 aliphatic rings. The van der Waals surface area contributed by atoms with Crippen LogP contribution in [-0.2, 0) is 0 Å². The maximum absolute atomic E-state index is 5.82. The molecule has 0 saturated carbocycles. The minimum atomic E-state index is 0.669. The zero-order chi connectivity index (χ0) is 13.5. The van der Waals surface area contributed by atoms with Gasteiger partial charge >= 0.3 is 0 Å². The summed E-state index contributed by atoms with van der Waals surface area (Å²) in [7, 11) is 0. The van der Waals surface area contributed by atoms with Gasteiger partial charge in [-0.05, 0) is 55.0 Å². The smallest absolute Gasteiger partial charge is 0.119 e. The van der Waals surface area contributed by atoms with Crippen molar-refractivity contribution in [3.8, 4) is 5.75 Å². The molecule has 0 amide bonds. The SMILES string of the molecule is Clc1ccc(NCCCOc2ccc(Cl)cc2)cc1. The Morgan fingerprint density at radius 1 is 0.842 bits per heavy atom. The molecule has 100 valence electrons. The van der Waals surface area contributed by atoms with E-state index in [1.54, 1.807) is 0 Å². The molecule has 19 heavy (non-hydrogen) atoms. The molecule has 2 aromatic rings. The van der Waals surface area contributed by atoms with Gasteiger partial charge in [0.2, 0.25) is 0 Å². The van der Waals surface area contributed by atoms with E-state index in [0.29, 0.717) is 6.61 Å². The highest BCUT2D eigenvalue weighted by Crippen LogP contribution is 2.16. The highest BCUT2D eigenvalue weighted by Gasteiger charge is 1.95. The van der Waals surface area contributed by atoms with Crippen molar-refractivity contribution >= 4 is 28.9 Å². The fourth-order valence-corrected chi connectivity index (χ4v) is 1.85. The van der Waals surface area contributed by atoms with Crippen molar-refractivity contribution in [2.24, 2.45) is 0 Å². The van der Waals surface area contributed by atoms with Crippen LogP contribution < -0.4 is 10.1 Å². The van der Waals surface area contributed by atoms with E-state index in [2.05, 4.69) is 5.32 Å². The third kappa shape index (κ3) is 5.01. The molecule has 4 heteroatoms. The second-order valence-corrected chi connectivity index (χ2v) is 4.96. The number of ether oxygens (including phenoxy) is 1. The summed E-state index contributed by atoms with van der Waals surface area (Å²) in [4.78, 5) is 0. The lowest BCUT2D eigenvalue weighted by Gasteiger charge is -2.08. The molecule has 0 fully saturated rings. The molecule has 0 spiro atoms. The number of benzene rings is 2. The molecule has 0 aliphatic carbocycles. The Bertz CT molecular complexity index is 449. The highest BCUT2D eigenvalue weighted by atomic mass is 35.5. The van der Waals surface area contributed by atoms with Gasteiger partial charge < -0.3 is 10.1 Å². The third-order valence-corrected chi connectivity index (χ3v) is 3.08. The molecule has 0 saturated heterocycles. The molecule has 0 unspecified atom stereocenters. The van der Waals surface area contributed by atoms with Gasteiger partial charge in [0.25, 0.3) is 0 Å². The van der Waals surface area contributed by atoms with E-state index >= 15 is 0 Å². The van der Waals surface area contributed by atoms with Gasteiger partial charge in [-0.3, -0.25) is 0 Å². The minimum Gasteiger partial charge on any atom is -0.494 e. The van der Waals surface area contributed by atoms with Crippen molar-refractivity contribution in [1.29, 1.82) is 0 Å². The number of nitrogens with one attached hydrogen (secondary N) is 1. The Balaban J connectivity index is 1.64. The third-order valence-electron chi connectivity index (χ3n) is 2.58. The lowest BCUT2D eigenvalue weighted by Crippen LogP contribution is -2.07. The predicted molar refractivity (Wildman–Crippen MR) is 81.5 cm³/mol. The van der Waals surface area contributed by atoms with Crippen LogP contribution in [0.1, 0.15) is 6.42 Å². The zero-order valence-corrected chi connectivity index (χ0v) is 11.9. The Hall–Kier alpha value is -1.38. The summed E-state index contributed by atoms with van der Waals surface area (Å²) in [6, 6.07) is 15.0. The van der Waals surface area contributed by atoms with E-state index in [4.69, 9.17) is 27.9 Å². The second kappa shape index (κ2) is 7.27. The van der Waals surface area contributed by atoms with Crippen LogP contribution in [0.4, 0.5) is 5.69 Å². The summed E-state index contributed by atoms with van der Waals surface area (Å²) in [5, 5.41) is 4.77. The Kier molecular flexibility index (Phi) is 5.37. The van der Waals surface area contributed by atoms with Crippen molar-refractivity contribution in [2.75, 3.05) is 18.5 Å². The van der Waals surface area contributed by atoms with Crippen LogP contribution in [0.15, 0.2) is 48.5 Å². The molecular weight excluding hydrogens is 281 g/mol. The van der Waals surface area contributed by atoms with Crippen molar-refractivity contribution in [3.63, 3.8) is 0 Å². The lowest BCUT2D eigenvalue weighted by atomic mass is 10.3. The van der Waals surface area contributed by atoms with E-state index < -0.39 is 0 Å². The van der Waals surface area contributed by atoms with E-state index in [0.717, 1.165) is 34.4 Å². The van der Waals surface area contributed by atoms with Gasteiger partial charge in [0.15, 0.2) is 0 Å². The molecule has 1 N–H and O–H groups in total. The van der Waals surface area contributed by atoms with Crippen LogP contribution in [-0.4, -0.2) is 13.2 Å². The average molecular weight is 296 g/mol. The topological polar surface area (TPSA) is 21.3 Å². The Morgan fingerprint density at radius 3 is 2.05 bits per heavy atom. The maximum Gasteiger partial charge on any atom is 0.119 e. The standard InChI is InChI=1S/C15H15Cl2NO/c16-12-2-6-14(7-3-12)18-10-1-11-19-15-8-4-13(17)5-9-15/h2-9,18H,1,10-11H2. The van der Waals surface area contributed by atoms with Crippen molar-refractivity contribution in [3.05, 3.63) is 58.6 Å². The molecule has 0 radical (unpaired) electrons. The van der Waals surface area contributed by atoms with Gasteiger partial charge in [-0.2, -0.15) is 0 Å². The summed E-state index contributed by atoms with van der Waals surface area (Å²) < 4.78 is 5.60. The van der Waals surface area contributed by atoms with Crippen molar-refractivity contribution < 1.29 is 4.74 Å². The van der Waals surface area contributed by atoms with Crippen LogP contribution in [0.5, 0.6) is 5.75 Å². The Morgan fingerprint density at radius 2 is 1.42 bits per heavy atom. The van der Waals surface area contributed by atoms with Crippen LogP contribution >= 0.6 is 23.2 Å². The number of rotatable bonds is 6. The average Bonchev–Trinajstić information content (AvgIpc) is 2.43. The molecule has 0 aromatic heterocycles. The van der Waals surface area contributed by atoms with E-state index in [1.807, 2.05) is 48.5 Å². The molecule has 2 nitrogen and oxygen atoms in total. The van der Waals surface area contributed by atoms with Gasteiger partial charge in [0.05, 0.1) is 6.61 Å². The number of halogens is 2. The number of anilines is 1. The summed E-state index contributed by atoms with van der Waals surface area (Å²) in [5.74, 6) is 0.843. The maximum atomic E-state index is 5.82. The largest absolute Gasteiger partial charge is 0.494 e. The van der Waals surface area contributed by atoms with E-state index in [-0.39, 0.29) is 0 Å². The predicted octanol–water partition coefficient (Wildman–Crippen LogP) is 4.87. The molecule has 0 aliphatic heterocycles. The normalized spacial score (nSPS) is 10.2. The first kappa shape index (κ1) is 14.0. The van der Waals surface area contributed by atoms with Crippen LogP contribution in [0.2, 0.25) is 10.0 Å². The fraction of sp³-hybridized carbons (Fsp3) is 0.200. The van der Waals surface area contributed by atoms with Crippen LogP contribution in [0.3, 0.4) is 0 Å². The van der Waals surface area contributed by atoms with Gasteiger partial charge in [-0.1, -0.05) is 23.2 Å². The minimum absolute atomic E-state index is 0.669. The van der Waals surface area contributed by atoms with Crippen LogP contribution in [0.25, 0.3) is 0 Å². The summed E-state index contributed by atoms with van der Waals surface area (Å²) in [6.07, 6.45) is 0.922. The monoisotopic (exact) mass is 295 g/mol. The first-order valence-corrected chi connectivity index (χ1v) is 6.87. The quantitative estimate of drug-likeness (QED) is 0.767. The van der Waals surface area contributed by atoms with E-state index in [1.165, 1.54) is 0 Å². The zero-order valence-electron chi connectivity index (χ0n) is 10.4. The van der Waals surface area contributed by atoms with Crippen molar-refractivity contribution in [1.82, 2.24) is 0 Å². The number of hydrogen-bond acceptors (Lipinski definition) is 2. The fourth-order valence-electron chi connectivity index (χ4n) is 1.59. The number of hydrogen-bond donors (Lipinski definition) is 1. The van der Waals surface area contributed by atoms with Gasteiger partial charge in [-0.15, -0.1) is 0 Å². The second-order valence-electron chi connectivity index (χ2n) is 4.09. The summed E-state index contributed by atoms with van der Waals surface area (Å²) >= 11 is 11.6. The highest BCUT2D eigenvalue weighted by molar-refractivity contribution is 6.30. The molecule has 2 rings (SSSR count).